The Morgan fingerprint density at radius 3 is 1.95 bits per heavy atom. The van der Waals surface area contributed by atoms with Gasteiger partial charge in [0.05, 0.1) is 0 Å². The zero-order valence-electron chi connectivity index (χ0n) is 20.1. The van der Waals surface area contributed by atoms with E-state index in [0.717, 1.165) is 11.4 Å². The van der Waals surface area contributed by atoms with Gasteiger partial charge in [-0.3, -0.25) is 0 Å². The van der Waals surface area contributed by atoms with Gasteiger partial charge in [-0.1, -0.05) is 66.7 Å². The molecule has 0 atom stereocenters. The van der Waals surface area contributed by atoms with Crippen molar-refractivity contribution in [1.29, 1.82) is 0 Å². The first-order valence-corrected chi connectivity index (χ1v) is 14.2. The summed E-state index contributed by atoms with van der Waals surface area (Å²) in [6.45, 7) is 0. The predicted molar refractivity (Wildman–Crippen MR) is 147 cm³/mol. The van der Waals surface area contributed by atoms with E-state index in [1.807, 2.05) is 55.4 Å². The first-order valence-electron chi connectivity index (χ1n) is 11.4. The second-order valence-electron chi connectivity index (χ2n) is 8.65. The molecule has 0 aliphatic carbocycles. The second-order valence-corrected chi connectivity index (χ2v) is 11.9. The summed E-state index contributed by atoms with van der Waals surface area (Å²) in [7, 11) is -5.75. The van der Waals surface area contributed by atoms with Crippen LogP contribution in [0, 0.1) is 0 Å². The lowest BCUT2D eigenvalue weighted by Gasteiger charge is -2.17. The molecule has 7 nitrogen and oxygen atoms in total. The Morgan fingerprint density at radius 2 is 1.22 bits per heavy atom. The highest BCUT2D eigenvalue weighted by atomic mass is 32.3. The monoisotopic (exact) mass is 532 g/mol. The van der Waals surface area contributed by atoms with Crippen molar-refractivity contribution in [2.45, 2.75) is 9.79 Å². The lowest BCUT2D eigenvalue weighted by molar-refractivity contribution is 0.463. The molecule has 0 aliphatic heterocycles. The first kappa shape index (κ1) is 24.8. The van der Waals surface area contributed by atoms with E-state index in [-0.39, 0.29) is 9.79 Å². The quantitative estimate of drug-likeness (QED) is 0.279. The van der Waals surface area contributed by atoms with Crippen molar-refractivity contribution < 1.29 is 20.5 Å². The molecule has 0 heterocycles. The Bertz CT molecular complexity index is 1830. The molecule has 0 spiro atoms. The number of rotatable bonds is 7. The van der Waals surface area contributed by atoms with Crippen molar-refractivity contribution in [2.75, 3.05) is 24.3 Å². The minimum Gasteiger partial charge on any atom is -0.377 e. The topological polar surface area (TPSA) is 92.8 Å². The average molecular weight is 533 g/mol. The maximum absolute atomic E-state index is 13.5. The molecule has 0 unspecified atom stereocenters. The Balaban J connectivity index is 1.61. The predicted octanol–water partition coefficient (Wildman–Crippen LogP) is 5.90. The zero-order valence-corrected chi connectivity index (χ0v) is 21.8. The Hall–Kier alpha value is -3.92. The van der Waals surface area contributed by atoms with Crippen LogP contribution in [0.15, 0.2) is 113 Å². The van der Waals surface area contributed by atoms with Gasteiger partial charge >= 0.3 is 20.2 Å². The van der Waals surface area contributed by atoms with Crippen LogP contribution in [0.3, 0.4) is 0 Å². The number of nitrogens with one attached hydrogen (secondary N) is 1. The third kappa shape index (κ3) is 4.76. The number of fused-ring (bicyclic) bond motifs is 2. The van der Waals surface area contributed by atoms with Gasteiger partial charge in [0.1, 0.15) is 9.79 Å². The lowest BCUT2D eigenvalue weighted by atomic mass is 10.1. The van der Waals surface area contributed by atoms with E-state index in [4.69, 9.17) is 3.63 Å². The summed E-state index contributed by atoms with van der Waals surface area (Å²) >= 11 is 0. The van der Waals surface area contributed by atoms with Crippen LogP contribution in [0.1, 0.15) is 0 Å². The molecule has 9 heteroatoms. The van der Waals surface area contributed by atoms with Gasteiger partial charge in [0.25, 0.3) is 0 Å². The molecule has 0 saturated heterocycles. The second kappa shape index (κ2) is 9.51. The largest absolute Gasteiger partial charge is 0.377 e. The normalized spacial score (nSPS) is 12.1. The zero-order chi connectivity index (χ0) is 26.2. The molecule has 188 valence electrons. The summed E-state index contributed by atoms with van der Waals surface area (Å²) in [5.41, 5.74) is 2.05. The van der Waals surface area contributed by atoms with Gasteiger partial charge in [-0.2, -0.15) is 16.8 Å². The van der Waals surface area contributed by atoms with Crippen LogP contribution in [0.25, 0.3) is 21.5 Å². The van der Waals surface area contributed by atoms with E-state index >= 15 is 0 Å². The van der Waals surface area contributed by atoms with Crippen LogP contribution in [0.4, 0.5) is 17.1 Å². The molecular weight excluding hydrogens is 508 g/mol. The summed E-state index contributed by atoms with van der Waals surface area (Å²) < 4.78 is 58.8. The molecule has 0 bridgehead atoms. The number of hydrogen-bond acceptors (Lipinski definition) is 7. The van der Waals surface area contributed by atoms with Crippen molar-refractivity contribution in [3.8, 4) is 0 Å². The van der Waals surface area contributed by atoms with Gasteiger partial charge in [-0.05, 0) is 41.8 Å². The SMILES string of the molecule is CN(C)c1cccc2c(S(=O)(=O)OS(=O)(=O)c3cccc4cccc(Nc5ccccc5)c34)cccc12. The molecular formula is C28H24N2O5S2. The van der Waals surface area contributed by atoms with Crippen molar-refractivity contribution >= 4 is 58.8 Å². The molecule has 0 amide bonds. The molecule has 0 aliphatic rings. The first-order chi connectivity index (χ1) is 17.7. The highest BCUT2D eigenvalue weighted by Gasteiger charge is 2.30. The van der Waals surface area contributed by atoms with E-state index < -0.39 is 20.2 Å². The third-order valence-electron chi connectivity index (χ3n) is 5.98. The molecule has 1 N–H and O–H groups in total. The molecule has 5 aromatic rings. The van der Waals surface area contributed by atoms with Gasteiger partial charge in [-0.15, -0.1) is 3.63 Å². The highest BCUT2D eigenvalue weighted by Crippen LogP contribution is 2.36. The summed E-state index contributed by atoms with van der Waals surface area (Å²) in [5, 5.41) is 5.20. The lowest BCUT2D eigenvalue weighted by Crippen LogP contribution is -2.15. The number of anilines is 3. The Kier molecular flexibility index (Phi) is 6.36. The molecule has 0 radical (unpaired) electrons. The summed E-state index contributed by atoms with van der Waals surface area (Å²) in [6.07, 6.45) is 0. The van der Waals surface area contributed by atoms with Crippen molar-refractivity contribution in [1.82, 2.24) is 0 Å². The van der Waals surface area contributed by atoms with Crippen molar-refractivity contribution in [3.05, 3.63) is 103 Å². The minimum atomic E-state index is -4.74. The summed E-state index contributed by atoms with van der Waals surface area (Å²) in [6, 6.07) is 29.1. The number of hydrogen-bond donors (Lipinski definition) is 1. The van der Waals surface area contributed by atoms with E-state index in [0.29, 0.717) is 27.2 Å². The summed E-state index contributed by atoms with van der Waals surface area (Å²) in [4.78, 5) is 1.38. The van der Waals surface area contributed by atoms with Gasteiger partial charge in [0, 0.05) is 47.3 Å². The van der Waals surface area contributed by atoms with Crippen LogP contribution in [0.2, 0.25) is 0 Å². The summed E-state index contributed by atoms with van der Waals surface area (Å²) in [5.74, 6) is 0. The third-order valence-corrected chi connectivity index (χ3v) is 9.18. The maximum Gasteiger partial charge on any atom is 0.312 e. The fourth-order valence-electron chi connectivity index (χ4n) is 4.36. The average Bonchev–Trinajstić information content (AvgIpc) is 2.87. The van der Waals surface area contributed by atoms with E-state index in [1.165, 1.54) is 12.1 Å². The van der Waals surface area contributed by atoms with Crippen molar-refractivity contribution in [2.24, 2.45) is 0 Å². The van der Waals surface area contributed by atoms with Gasteiger partial charge in [0.15, 0.2) is 0 Å². The van der Waals surface area contributed by atoms with E-state index in [2.05, 4.69) is 5.32 Å². The number of para-hydroxylation sites is 1. The fourth-order valence-corrected chi connectivity index (χ4v) is 7.31. The van der Waals surface area contributed by atoms with Crippen molar-refractivity contribution in [3.63, 3.8) is 0 Å². The highest BCUT2D eigenvalue weighted by molar-refractivity contribution is 8.00. The molecule has 37 heavy (non-hydrogen) atoms. The minimum absolute atomic E-state index is 0.222. The van der Waals surface area contributed by atoms with Crippen LogP contribution >= 0.6 is 0 Å². The molecule has 5 rings (SSSR count). The van der Waals surface area contributed by atoms with Gasteiger partial charge in [0.2, 0.25) is 0 Å². The van der Waals surface area contributed by atoms with Crippen LogP contribution in [-0.2, 0) is 23.9 Å². The van der Waals surface area contributed by atoms with Crippen LogP contribution in [-0.4, -0.2) is 30.9 Å². The van der Waals surface area contributed by atoms with Gasteiger partial charge in [-0.25, -0.2) is 0 Å². The van der Waals surface area contributed by atoms with Crippen LogP contribution < -0.4 is 10.2 Å². The molecule has 0 fully saturated rings. The van der Waals surface area contributed by atoms with E-state index in [9.17, 15) is 16.8 Å². The molecule has 5 aromatic carbocycles. The molecule has 0 saturated carbocycles. The maximum atomic E-state index is 13.5. The van der Waals surface area contributed by atoms with Gasteiger partial charge < -0.3 is 10.2 Å². The van der Waals surface area contributed by atoms with E-state index in [1.54, 1.807) is 54.6 Å². The number of benzene rings is 5. The Morgan fingerprint density at radius 1 is 0.622 bits per heavy atom. The Labute approximate surface area is 216 Å². The fraction of sp³-hybridized carbons (Fsp3) is 0.0714. The molecule has 0 aromatic heterocycles. The standard InChI is InChI=1S/C28H24N2O5S2/c1-30(2)25-17-8-15-23-22(25)14-9-18-26(23)36(31,32)35-37(33,34)27-19-7-11-20-10-6-16-24(28(20)27)29-21-12-4-3-5-13-21/h3-19,29H,1-2H3. The number of nitrogens with zero attached hydrogens (tertiary/aromatic N) is 1. The van der Waals surface area contributed by atoms with Crippen LogP contribution in [0.5, 0.6) is 0 Å². The smallest absolute Gasteiger partial charge is 0.312 e.